The lowest BCUT2D eigenvalue weighted by atomic mass is 9.98. The van der Waals surface area contributed by atoms with Gasteiger partial charge in [0.25, 0.3) is 0 Å². The minimum atomic E-state index is 0.0417. The number of nitrogens with zero attached hydrogens (tertiary/aromatic N) is 1. The lowest BCUT2D eigenvalue weighted by molar-refractivity contribution is 0.200. The molecule has 1 atom stereocenters. The predicted molar refractivity (Wildman–Crippen MR) is 81.1 cm³/mol. The maximum absolute atomic E-state index is 12.1. The van der Waals surface area contributed by atoms with Crippen LogP contribution in [-0.4, -0.2) is 37.1 Å². The van der Waals surface area contributed by atoms with Gasteiger partial charge >= 0.3 is 6.03 Å². The molecule has 2 amide bonds. The number of hydrogen-bond acceptors (Lipinski definition) is 2. The summed E-state index contributed by atoms with van der Waals surface area (Å²) >= 11 is 0. The molecule has 3 rings (SSSR count). The van der Waals surface area contributed by atoms with Gasteiger partial charge in [0, 0.05) is 25.3 Å². The van der Waals surface area contributed by atoms with Crippen molar-refractivity contribution >= 4 is 11.7 Å². The first-order valence-corrected chi connectivity index (χ1v) is 7.69. The highest BCUT2D eigenvalue weighted by atomic mass is 16.2. The molecule has 0 unspecified atom stereocenters. The highest BCUT2D eigenvalue weighted by Gasteiger charge is 2.18. The number of piperidine rings is 1. The Bertz CT molecular complexity index is 445. The van der Waals surface area contributed by atoms with Crippen LogP contribution in [0.4, 0.5) is 10.5 Å². The zero-order valence-corrected chi connectivity index (χ0v) is 11.9. The maximum Gasteiger partial charge on any atom is 0.321 e. The van der Waals surface area contributed by atoms with Gasteiger partial charge in [-0.05, 0) is 55.8 Å². The van der Waals surface area contributed by atoms with Crippen molar-refractivity contribution in [1.82, 2.24) is 10.2 Å². The molecule has 1 aromatic rings. The van der Waals surface area contributed by atoms with E-state index in [1.165, 1.54) is 18.4 Å². The van der Waals surface area contributed by atoms with Crippen molar-refractivity contribution in [2.75, 3.05) is 31.5 Å². The van der Waals surface area contributed by atoms with Crippen molar-refractivity contribution in [2.45, 2.75) is 31.6 Å². The summed E-state index contributed by atoms with van der Waals surface area (Å²) in [6.45, 7) is 3.95. The summed E-state index contributed by atoms with van der Waals surface area (Å²) in [5.74, 6) is 0.627. The number of carbonyl (C=O) groups excluding carboxylic acids is 1. The maximum atomic E-state index is 12.1. The predicted octanol–water partition coefficient (Wildman–Crippen LogP) is 2.78. The summed E-state index contributed by atoms with van der Waals surface area (Å²) in [7, 11) is 0. The summed E-state index contributed by atoms with van der Waals surface area (Å²) in [4.78, 5) is 14.0. The molecule has 0 radical (unpaired) electrons. The van der Waals surface area contributed by atoms with E-state index in [0.29, 0.717) is 5.92 Å². The van der Waals surface area contributed by atoms with Gasteiger partial charge in [0.15, 0.2) is 0 Å². The van der Waals surface area contributed by atoms with Gasteiger partial charge in [-0.2, -0.15) is 0 Å². The van der Waals surface area contributed by atoms with Crippen molar-refractivity contribution in [3.8, 4) is 0 Å². The Morgan fingerprint density at radius 3 is 2.55 bits per heavy atom. The number of amides is 2. The molecule has 1 aromatic carbocycles. The van der Waals surface area contributed by atoms with Crippen molar-refractivity contribution in [1.29, 1.82) is 0 Å². The molecule has 108 valence electrons. The molecule has 4 nitrogen and oxygen atoms in total. The van der Waals surface area contributed by atoms with Crippen LogP contribution >= 0.6 is 0 Å². The van der Waals surface area contributed by atoms with Gasteiger partial charge in [0.2, 0.25) is 0 Å². The van der Waals surface area contributed by atoms with Crippen LogP contribution in [0.3, 0.4) is 0 Å². The summed E-state index contributed by atoms with van der Waals surface area (Å²) in [6, 6.07) is 8.37. The smallest absolute Gasteiger partial charge is 0.321 e. The van der Waals surface area contributed by atoms with Gasteiger partial charge in [-0.15, -0.1) is 0 Å². The monoisotopic (exact) mass is 273 g/mol. The Hall–Kier alpha value is -1.55. The van der Waals surface area contributed by atoms with Crippen LogP contribution in [0.15, 0.2) is 24.3 Å². The molecule has 0 spiro atoms. The van der Waals surface area contributed by atoms with E-state index >= 15 is 0 Å². The van der Waals surface area contributed by atoms with E-state index < -0.39 is 0 Å². The third-order valence-corrected chi connectivity index (χ3v) is 4.34. The number of nitrogens with one attached hydrogen (secondary N) is 2. The van der Waals surface area contributed by atoms with Crippen molar-refractivity contribution in [2.24, 2.45) is 0 Å². The van der Waals surface area contributed by atoms with Crippen molar-refractivity contribution in [3.63, 3.8) is 0 Å². The Morgan fingerprint density at radius 1 is 1.15 bits per heavy atom. The zero-order chi connectivity index (χ0) is 13.8. The second-order valence-corrected chi connectivity index (χ2v) is 5.79. The van der Waals surface area contributed by atoms with Crippen LogP contribution in [0.1, 0.15) is 37.2 Å². The molecule has 20 heavy (non-hydrogen) atoms. The van der Waals surface area contributed by atoms with E-state index in [1.807, 2.05) is 17.0 Å². The third-order valence-electron chi connectivity index (χ3n) is 4.34. The van der Waals surface area contributed by atoms with Crippen molar-refractivity contribution < 1.29 is 4.79 Å². The van der Waals surface area contributed by atoms with Crippen LogP contribution in [0, 0.1) is 0 Å². The fourth-order valence-electron chi connectivity index (χ4n) is 3.08. The molecule has 2 aliphatic heterocycles. The molecule has 0 bridgehead atoms. The van der Waals surface area contributed by atoms with Crippen LogP contribution in [0.2, 0.25) is 0 Å². The minimum absolute atomic E-state index is 0.0417. The number of carbonyl (C=O) groups is 1. The number of benzene rings is 1. The van der Waals surface area contributed by atoms with E-state index in [1.54, 1.807) is 0 Å². The summed E-state index contributed by atoms with van der Waals surface area (Å²) in [5, 5.41) is 6.39. The van der Waals surface area contributed by atoms with Gasteiger partial charge in [0.1, 0.15) is 0 Å². The van der Waals surface area contributed by atoms with Crippen LogP contribution < -0.4 is 10.6 Å². The summed E-state index contributed by atoms with van der Waals surface area (Å²) < 4.78 is 0. The van der Waals surface area contributed by atoms with Crippen LogP contribution in [0.5, 0.6) is 0 Å². The van der Waals surface area contributed by atoms with Gasteiger partial charge in [0.05, 0.1) is 0 Å². The normalized spacial score (nSPS) is 22.8. The molecule has 2 fully saturated rings. The average molecular weight is 273 g/mol. The SMILES string of the molecule is O=C(Nc1ccc([C@H]2CCNC2)cc1)N1CCCCC1. The van der Waals surface area contributed by atoms with Gasteiger partial charge in [-0.25, -0.2) is 4.79 Å². The molecule has 2 heterocycles. The number of anilines is 1. The molecule has 0 aromatic heterocycles. The number of urea groups is 1. The van der Waals surface area contributed by atoms with E-state index in [0.717, 1.165) is 44.7 Å². The molecular formula is C16H23N3O. The van der Waals surface area contributed by atoms with Crippen LogP contribution in [0.25, 0.3) is 0 Å². The molecule has 2 saturated heterocycles. The zero-order valence-electron chi connectivity index (χ0n) is 11.9. The second-order valence-electron chi connectivity index (χ2n) is 5.79. The van der Waals surface area contributed by atoms with Crippen molar-refractivity contribution in [3.05, 3.63) is 29.8 Å². The van der Waals surface area contributed by atoms with E-state index in [9.17, 15) is 4.79 Å². The first-order valence-electron chi connectivity index (χ1n) is 7.69. The van der Waals surface area contributed by atoms with E-state index in [-0.39, 0.29) is 6.03 Å². The fraction of sp³-hybridized carbons (Fsp3) is 0.562. The van der Waals surface area contributed by atoms with Gasteiger partial charge < -0.3 is 15.5 Å². The lowest BCUT2D eigenvalue weighted by Crippen LogP contribution is -2.38. The first kappa shape index (κ1) is 13.4. The first-order chi connectivity index (χ1) is 9.83. The Balaban J connectivity index is 1.58. The Morgan fingerprint density at radius 2 is 1.90 bits per heavy atom. The molecule has 2 N–H and O–H groups in total. The van der Waals surface area contributed by atoms with E-state index in [2.05, 4.69) is 22.8 Å². The topological polar surface area (TPSA) is 44.4 Å². The number of likely N-dealkylation sites (tertiary alicyclic amines) is 1. The quantitative estimate of drug-likeness (QED) is 0.870. The third kappa shape index (κ3) is 3.12. The molecule has 0 saturated carbocycles. The molecule has 4 heteroatoms. The summed E-state index contributed by atoms with van der Waals surface area (Å²) in [6.07, 6.45) is 4.70. The molecule has 2 aliphatic rings. The van der Waals surface area contributed by atoms with E-state index in [4.69, 9.17) is 0 Å². The van der Waals surface area contributed by atoms with Crippen LogP contribution in [-0.2, 0) is 0 Å². The standard InChI is InChI=1S/C16H23N3O/c20-16(19-10-2-1-3-11-19)18-15-6-4-13(5-7-15)14-8-9-17-12-14/h4-7,14,17H,1-3,8-12H2,(H,18,20)/t14-/m0/s1. The summed E-state index contributed by atoms with van der Waals surface area (Å²) in [5.41, 5.74) is 2.27. The highest BCUT2D eigenvalue weighted by molar-refractivity contribution is 5.89. The molecule has 0 aliphatic carbocycles. The minimum Gasteiger partial charge on any atom is -0.325 e. The molecular weight excluding hydrogens is 250 g/mol. The lowest BCUT2D eigenvalue weighted by Gasteiger charge is -2.26. The fourth-order valence-corrected chi connectivity index (χ4v) is 3.08. The average Bonchev–Trinajstić information content (AvgIpc) is 3.03. The highest BCUT2D eigenvalue weighted by Crippen LogP contribution is 2.23. The second kappa shape index (κ2) is 6.27. The number of hydrogen-bond donors (Lipinski definition) is 2. The van der Waals surface area contributed by atoms with Gasteiger partial charge in [-0.1, -0.05) is 12.1 Å². The van der Waals surface area contributed by atoms with Gasteiger partial charge in [-0.3, -0.25) is 0 Å². The Labute approximate surface area is 120 Å². The largest absolute Gasteiger partial charge is 0.325 e. The Kier molecular flexibility index (Phi) is 4.21. The number of rotatable bonds is 2.